The van der Waals surface area contributed by atoms with Crippen LogP contribution in [0.1, 0.15) is 37.6 Å². The van der Waals surface area contributed by atoms with Crippen LogP contribution < -0.4 is 15.4 Å². The Morgan fingerprint density at radius 1 is 0.853 bits per heavy atom. The lowest BCUT2D eigenvalue weighted by Gasteiger charge is -2.14. The van der Waals surface area contributed by atoms with Gasteiger partial charge in [-0.3, -0.25) is 10.3 Å². The summed E-state index contributed by atoms with van der Waals surface area (Å²) in [5, 5.41) is 10.6. The Bertz CT molecular complexity index is 1270. The molecule has 0 fully saturated rings. The van der Waals surface area contributed by atoms with Crippen molar-refractivity contribution in [3.05, 3.63) is 89.9 Å². The van der Waals surface area contributed by atoms with Crippen molar-refractivity contribution in [3.8, 4) is 17.2 Å². The van der Waals surface area contributed by atoms with Crippen LogP contribution in [-0.2, 0) is 5.41 Å². The number of urea groups is 1. The summed E-state index contributed by atoms with van der Waals surface area (Å²) in [5.41, 5.74) is 4.54. The van der Waals surface area contributed by atoms with Gasteiger partial charge in [0.1, 0.15) is 17.3 Å². The van der Waals surface area contributed by atoms with Gasteiger partial charge in [0.05, 0.1) is 11.4 Å². The molecule has 2 aromatic carbocycles. The molecule has 0 radical (unpaired) electrons. The van der Waals surface area contributed by atoms with Crippen LogP contribution in [0.25, 0.3) is 5.69 Å². The second-order valence-corrected chi connectivity index (χ2v) is 9.31. The standard InChI is InChI=1S/C27H29N5O2/c1-18-14-19(2)16-21(15-18)32-25(17-24(31-32)27(3,4)5)30-26(33)29-20-6-8-22(9-7-20)34-23-10-12-28-13-11-23/h6-17H,1-5H3,(H2,29,30,33). The number of aryl methyl sites for hydroxylation is 2. The molecule has 0 atom stereocenters. The fourth-order valence-electron chi connectivity index (χ4n) is 3.53. The van der Waals surface area contributed by atoms with Gasteiger partial charge in [-0.2, -0.15) is 5.10 Å². The Morgan fingerprint density at radius 3 is 2.09 bits per heavy atom. The lowest BCUT2D eigenvalue weighted by molar-refractivity contribution is 0.262. The van der Waals surface area contributed by atoms with E-state index in [0.29, 0.717) is 23.0 Å². The number of aromatic nitrogens is 3. The fourth-order valence-corrected chi connectivity index (χ4v) is 3.53. The molecule has 0 aliphatic carbocycles. The number of hydrogen-bond acceptors (Lipinski definition) is 4. The smallest absolute Gasteiger partial charge is 0.324 e. The summed E-state index contributed by atoms with van der Waals surface area (Å²) >= 11 is 0. The van der Waals surface area contributed by atoms with Crippen molar-refractivity contribution in [2.75, 3.05) is 10.6 Å². The SMILES string of the molecule is Cc1cc(C)cc(-n2nc(C(C)(C)C)cc2NC(=O)Nc2ccc(Oc3ccncc3)cc2)c1. The molecule has 4 aromatic rings. The van der Waals surface area contributed by atoms with Crippen molar-refractivity contribution in [1.29, 1.82) is 0 Å². The monoisotopic (exact) mass is 455 g/mol. The molecule has 0 aliphatic heterocycles. The number of nitrogens with one attached hydrogen (secondary N) is 2. The average molecular weight is 456 g/mol. The van der Waals surface area contributed by atoms with Gasteiger partial charge in [0.25, 0.3) is 0 Å². The minimum Gasteiger partial charge on any atom is -0.457 e. The highest BCUT2D eigenvalue weighted by molar-refractivity contribution is 5.99. The van der Waals surface area contributed by atoms with E-state index in [2.05, 4.69) is 54.6 Å². The van der Waals surface area contributed by atoms with Crippen molar-refractivity contribution in [2.24, 2.45) is 0 Å². The molecule has 0 unspecified atom stereocenters. The number of anilines is 2. The lowest BCUT2D eigenvalue weighted by Crippen LogP contribution is -2.21. The number of amides is 2. The summed E-state index contributed by atoms with van der Waals surface area (Å²) in [6, 6.07) is 18.5. The highest BCUT2D eigenvalue weighted by atomic mass is 16.5. The van der Waals surface area contributed by atoms with Gasteiger partial charge in [-0.15, -0.1) is 0 Å². The zero-order valence-corrected chi connectivity index (χ0v) is 20.1. The summed E-state index contributed by atoms with van der Waals surface area (Å²) in [5.74, 6) is 1.97. The van der Waals surface area contributed by atoms with E-state index < -0.39 is 0 Å². The molecular formula is C27H29N5O2. The summed E-state index contributed by atoms with van der Waals surface area (Å²) in [7, 11) is 0. The quantitative estimate of drug-likeness (QED) is 0.354. The maximum atomic E-state index is 12.8. The fraction of sp³-hybridized carbons (Fsp3) is 0.222. The first-order chi connectivity index (χ1) is 16.2. The van der Waals surface area contributed by atoms with Crippen LogP contribution in [-0.4, -0.2) is 20.8 Å². The molecule has 2 N–H and O–H groups in total. The number of carbonyl (C=O) groups is 1. The number of rotatable bonds is 5. The molecule has 2 aromatic heterocycles. The van der Waals surface area contributed by atoms with Crippen LogP contribution in [0.15, 0.2) is 73.1 Å². The molecule has 0 aliphatic rings. The van der Waals surface area contributed by atoms with Gasteiger partial charge in [-0.25, -0.2) is 9.48 Å². The number of ether oxygens (including phenoxy) is 1. The third-order valence-corrected chi connectivity index (χ3v) is 5.17. The molecule has 4 rings (SSSR count). The van der Waals surface area contributed by atoms with Gasteiger partial charge >= 0.3 is 6.03 Å². The summed E-state index contributed by atoms with van der Waals surface area (Å²) in [4.78, 5) is 16.8. The van der Waals surface area contributed by atoms with Crippen molar-refractivity contribution in [1.82, 2.24) is 14.8 Å². The minimum absolute atomic E-state index is 0.165. The number of carbonyl (C=O) groups excluding carboxylic acids is 1. The Hall–Kier alpha value is -4.13. The van der Waals surface area contributed by atoms with Gasteiger partial charge in [-0.1, -0.05) is 26.8 Å². The van der Waals surface area contributed by atoms with E-state index in [4.69, 9.17) is 9.84 Å². The van der Waals surface area contributed by atoms with Gasteiger partial charge in [0, 0.05) is 29.6 Å². The van der Waals surface area contributed by atoms with Crippen LogP contribution in [0.2, 0.25) is 0 Å². The van der Waals surface area contributed by atoms with Crippen molar-refractivity contribution < 1.29 is 9.53 Å². The summed E-state index contributed by atoms with van der Waals surface area (Å²) in [6.07, 6.45) is 3.34. The van der Waals surface area contributed by atoms with E-state index in [-0.39, 0.29) is 11.4 Å². The van der Waals surface area contributed by atoms with Crippen LogP contribution in [0.5, 0.6) is 11.5 Å². The molecule has 174 valence electrons. The van der Waals surface area contributed by atoms with E-state index in [1.807, 2.05) is 19.9 Å². The third kappa shape index (κ3) is 5.61. The second kappa shape index (κ2) is 9.39. The Labute approximate surface area is 199 Å². The molecular weight excluding hydrogens is 426 g/mol. The maximum absolute atomic E-state index is 12.8. The third-order valence-electron chi connectivity index (χ3n) is 5.17. The van der Waals surface area contributed by atoms with E-state index in [9.17, 15) is 4.79 Å². The first kappa shape index (κ1) is 23.0. The van der Waals surface area contributed by atoms with Gasteiger partial charge in [0.2, 0.25) is 0 Å². The van der Waals surface area contributed by atoms with Crippen LogP contribution in [0.4, 0.5) is 16.3 Å². The zero-order chi connectivity index (χ0) is 24.3. The van der Waals surface area contributed by atoms with E-state index >= 15 is 0 Å². The Morgan fingerprint density at radius 2 is 1.47 bits per heavy atom. The van der Waals surface area contributed by atoms with Crippen molar-refractivity contribution in [2.45, 2.75) is 40.0 Å². The van der Waals surface area contributed by atoms with Crippen LogP contribution >= 0.6 is 0 Å². The first-order valence-electron chi connectivity index (χ1n) is 11.1. The molecule has 2 heterocycles. The number of nitrogens with zero attached hydrogens (tertiary/aromatic N) is 3. The van der Waals surface area contributed by atoms with E-state index in [1.54, 1.807) is 53.5 Å². The second-order valence-electron chi connectivity index (χ2n) is 9.31. The topological polar surface area (TPSA) is 81.1 Å². The lowest BCUT2D eigenvalue weighted by atomic mass is 9.92. The normalized spacial score (nSPS) is 11.2. The molecule has 7 nitrogen and oxygen atoms in total. The predicted molar refractivity (Wildman–Crippen MR) is 135 cm³/mol. The molecule has 0 saturated carbocycles. The maximum Gasteiger partial charge on any atom is 0.324 e. The molecule has 2 amide bonds. The Balaban J connectivity index is 1.51. The summed E-state index contributed by atoms with van der Waals surface area (Å²) < 4.78 is 7.56. The van der Waals surface area contributed by atoms with Crippen LogP contribution in [0.3, 0.4) is 0 Å². The minimum atomic E-state index is -0.353. The van der Waals surface area contributed by atoms with E-state index in [1.165, 1.54) is 0 Å². The molecule has 0 saturated heterocycles. The van der Waals surface area contributed by atoms with Crippen molar-refractivity contribution in [3.63, 3.8) is 0 Å². The largest absolute Gasteiger partial charge is 0.457 e. The first-order valence-corrected chi connectivity index (χ1v) is 11.1. The number of pyridine rings is 1. The van der Waals surface area contributed by atoms with E-state index in [0.717, 1.165) is 22.5 Å². The Kier molecular flexibility index (Phi) is 6.36. The zero-order valence-electron chi connectivity index (χ0n) is 20.1. The molecule has 34 heavy (non-hydrogen) atoms. The number of benzene rings is 2. The predicted octanol–water partition coefficient (Wildman–Crippen LogP) is 6.62. The highest BCUT2D eigenvalue weighted by Gasteiger charge is 2.21. The van der Waals surface area contributed by atoms with Crippen molar-refractivity contribution >= 4 is 17.5 Å². The average Bonchev–Trinajstić information content (AvgIpc) is 3.19. The molecule has 7 heteroatoms. The number of hydrogen-bond donors (Lipinski definition) is 2. The molecule has 0 spiro atoms. The van der Waals surface area contributed by atoms with Gasteiger partial charge in [0.15, 0.2) is 0 Å². The van der Waals surface area contributed by atoms with Gasteiger partial charge < -0.3 is 10.1 Å². The highest BCUT2D eigenvalue weighted by Crippen LogP contribution is 2.27. The summed E-state index contributed by atoms with van der Waals surface area (Å²) in [6.45, 7) is 10.4. The molecule has 0 bridgehead atoms. The van der Waals surface area contributed by atoms with Gasteiger partial charge in [-0.05, 0) is 73.5 Å². The van der Waals surface area contributed by atoms with Crippen LogP contribution in [0, 0.1) is 13.8 Å².